The fourth-order valence-electron chi connectivity index (χ4n) is 3.46. The maximum atomic E-state index is 12.6. The van der Waals surface area contributed by atoms with E-state index in [0.717, 1.165) is 5.56 Å². The minimum absolute atomic E-state index is 0.0968. The van der Waals surface area contributed by atoms with Gasteiger partial charge in [0.25, 0.3) is 0 Å². The Bertz CT molecular complexity index is 1150. The Morgan fingerprint density at radius 2 is 1.75 bits per heavy atom. The van der Waals surface area contributed by atoms with Gasteiger partial charge in [0.05, 0.1) is 18.0 Å². The van der Waals surface area contributed by atoms with Crippen LogP contribution >= 0.6 is 0 Å². The zero-order chi connectivity index (χ0) is 25.6. The molecular formula is C28H31N3O5. The Labute approximate surface area is 210 Å². The quantitative estimate of drug-likeness (QED) is 0.156. The van der Waals surface area contributed by atoms with Gasteiger partial charge in [-0.25, -0.2) is 4.79 Å². The Balaban J connectivity index is 1.59. The van der Waals surface area contributed by atoms with Gasteiger partial charge in [0.2, 0.25) is 5.91 Å². The first-order valence-electron chi connectivity index (χ1n) is 11.7. The summed E-state index contributed by atoms with van der Waals surface area (Å²) in [6.07, 6.45) is 3.95. The number of hydrogen-bond donors (Lipinski definition) is 4. The third-order valence-electron chi connectivity index (χ3n) is 5.18. The van der Waals surface area contributed by atoms with Gasteiger partial charge in [-0.05, 0) is 67.3 Å². The number of aliphatic hydroxyl groups excluding tert-OH is 1. The lowest BCUT2D eigenvalue weighted by molar-refractivity contribution is -0.111. The van der Waals surface area contributed by atoms with Crippen LogP contribution in [0.25, 0.3) is 0 Å². The fraction of sp³-hybridized carbons (Fsp3) is 0.214. The molecule has 0 heterocycles. The maximum Gasteiger partial charge on any atom is 0.412 e. The first-order valence-corrected chi connectivity index (χ1v) is 11.7. The van der Waals surface area contributed by atoms with E-state index in [-0.39, 0.29) is 19.1 Å². The number of carbonyl (C=O) groups is 2. The summed E-state index contributed by atoms with van der Waals surface area (Å²) in [6.45, 7) is 0.0748. The average Bonchev–Trinajstić information content (AvgIpc) is 2.88. The zero-order valence-corrected chi connectivity index (χ0v) is 19.9. The minimum atomic E-state index is -0.566. The number of anilines is 3. The molecule has 36 heavy (non-hydrogen) atoms. The summed E-state index contributed by atoms with van der Waals surface area (Å²) in [5.41, 5.74) is 8.32. The summed E-state index contributed by atoms with van der Waals surface area (Å²) in [5, 5.41) is 14.5. The highest BCUT2D eigenvalue weighted by atomic mass is 16.6. The smallest absolute Gasteiger partial charge is 0.412 e. The van der Waals surface area contributed by atoms with Crippen molar-refractivity contribution < 1.29 is 24.2 Å². The van der Waals surface area contributed by atoms with E-state index in [2.05, 4.69) is 10.6 Å². The lowest BCUT2D eigenvalue weighted by Gasteiger charge is -2.19. The highest BCUT2D eigenvalue weighted by Crippen LogP contribution is 2.27. The van der Waals surface area contributed by atoms with Crippen LogP contribution in [0, 0.1) is 0 Å². The second-order valence-electron chi connectivity index (χ2n) is 7.94. The van der Waals surface area contributed by atoms with Gasteiger partial charge in [0.1, 0.15) is 18.5 Å². The molecule has 0 fully saturated rings. The molecule has 0 bridgehead atoms. The summed E-state index contributed by atoms with van der Waals surface area (Å²) in [5.74, 6) is 0.312. The second-order valence-corrected chi connectivity index (χ2v) is 7.94. The number of aliphatic hydroxyl groups is 1. The number of nitrogens with two attached hydrogens (primary N) is 1. The van der Waals surface area contributed by atoms with Gasteiger partial charge >= 0.3 is 6.09 Å². The van der Waals surface area contributed by atoms with Crippen molar-refractivity contribution >= 4 is 29.1 Å². The molecular weight excluding hydrogens is 458 g/mol. The van der Waals surface area contributed by atoms with Crippen LogP contribution < -0.4 is 21.1 Å². The van der Waals surface area contributed by atoms with Crippen LogP contribution in [0.4, 0.5) is 21.9 Å². The number of ether oxygens (including phenoxy) is 2. The van der Waals surface area contributed by atoms with Crippen LogP contribution in [0.15, 0.2) is 91.0 Å². The van der Waals surface area contributed by atoms with Gasteiger partial charge < -0.3 is 25.6 Å². The molecule has 0 aliphatic heterocycles. The maximum absolute atomic E-state index is 12.6. The van der Waals surface area contributed by atoms with Crippen molar-refractivity contribution in [2.24, 2.45) is 0 Å². The Hall–Kier alpha value is -4.30. The van der Waals surface area contributed by atoms with Gasteiger partial charge in [-0.3, -0.25) is 10.1 Å². The van der Waals surface area contributed by atoms with Crippen molar-refractivity contribution in [2.45, 2.75) is 25.4 Å². The Morgan fingerprint density at radius 1 is 0.972 bits per heavy atom. The molecule has 5 N–H and O–H groups in total. The van der Waals surface area contributed by atoms with Crippen molar-refractivity contribution in [3.8, 4) is 5.75 Å². The zero-order valence-electron chi connectivity index (χ0n) is 19.9. The van der Waals surface area contributed by atoms with Crippen LogP contribution in [-0.2, 0) is 9.53 Å². The molecule has 0 aromatic heterocycles. The number of unbranched alkanes of at least 4 members (excludes halogenated alkanes) is 1. The molecule has 3 aromatic rings. The molecule has 3 rings (SSSR count). The van der Waals surface area contributed by atoms with Crippen molar-refractivity contribution in [3.05, 3.63) is 96.6 Å². The van der Waals surface area contributed by atoms with Crippen LogP contribution in [0.5, 0.6) is 5.75 Å². The molecule has 0 unspecified atom stereocenters. The molecule has 8 heteroatoms. The number of rotatable bonds is 12. The molecule has 0 aliphatic carbocycles. The number of hydrogen-bond acceptors (Lipinski definition) is 6. The number of allylic oxidation sites excluding steroid dienone is 1. The van der Waals surface area contributed by atoms with Crippen molar-refractivity contribution in [1.29, 1.82) is 0 Å². The van der Waals surface area contributed by atoms with E-state index in [1.165, 1.54) is 6.08 Å². The van der Waals surface area contributed by atoms with E-state index in [0.29, 0.717) is 42.1 Å². The normalized spacial score (nSPS) is 11.6. The van der Waals surface area contributed by atoms with Crippen molar-refractivity contribution in [1.82, 2.24) is 0 Å². The monoisotopic (exact) mass is 489 g/mol. The van der Waals surface area contributed by atoms with Crippen molar-refractivity contribution in [2.75, 3.05) is 29.6 Å². The highest BCUT2D eigenvalue weighted by Gasteiger charge is 2.17. The first kappa shape index (κ1) is 26.3. The third-order valence-corrected chi connectivity index (χ3v) is 5.18. The number of nitrogen functional groups attached to an aromatic ring is 1. The molecule has 2 amide bonds. The molecule has 3 aromatic carbocycles. The fourth-order valence-corrected chi connectivity index (χ4v) is 3.46. The average molecular weight is 490 g/mol. The van der Waals surface area contributed by atoms with Crippen LogP contribution in [0.2, 0.25) is 0 Å². The summed E-state index contributed by atoms with van der Waals surface area (Å²) in [7, 11) is 0. The summed E-state index contributed by atoms with van der Waals surface area (Å²) in [4.78, 5) is 24.7. The van der Waals surface area contributed by atoms with E-state index >= 15 is 0 Å². The number of carbonyl (C=O) groups excluding carboxylic acids is 2. The standard InChI is InChI=1S/C28H31N3O5/c29-24-14-7-8-15-25(24)31-27(33)17-6-2-5-16-26(21-10-9-13-23(20-21)35-19-18-32)36-28(34)30-22-11-3-1-4-12-22/h1,3-4,6-15,17,20,26,32H,2,5,16,18-19,29H2,(H,30,34)(H,31,33)/b17-6+/t26-/m1/s1. The Morgan fingerprint density at radius 3 is 2.53 bits per heavy atom. The number of amides is 2. The van der Waals surface area contributed by atoms with Crippen LogP contribution in [-0.4, -0.2) is 30.3 Å². The minimum Gasteiger partial charge on any atom is -0.491 e. The lowest BCUT2D eigenvalue weighted by Crippen LogP contribution is -2.17. The van der Waals surface area contributed by atoms with E-state index in [4.69, 9.17) is 20.3 Å². The number of benzene rings is 3. The van der Waals surface area contributed by atoms with E-state index in [1.807, 2.05) is 30.3 Å². The topological polar surface area (TPSA) is 123 Å². The second kappa shape index (κ2) is 14.2. The van der Waals surface area contributed by atoms with Crippen LogP contribution in [0.3, 0.4) is 0 Å². The molecule has 0 spiro atoms. The van der Waals surface area contributed by atoms with Crippen molar-refractivity contribution in [3.63, 3.8) is 0 Å². The van der Waals surface area contributed by atoms with Gasteiger partial charge in [-0.2, -0.15) is 0 Å². The Kier molecular flexibility index (Phi) is 10.4. The van der Waals surface area contributed by atoms with Gasteiger partial charge in [-0.15, -0.1) is 0 Å². The molecule has 0 saturated carbocycles. The van der Waals surface area contributed by atoms with Crippen LogP contribution in [0.1, 0.15) is 30.9 Å². The molecule has 0 aliphatic rings. The molecule has 0 radical (unpaired) electrons. The SMILES string of the molecule is Nc1ccccc1NC(=O)/C=C/CCC[C@@H](OC(=O)Nc1ccccc1)c1cccc(OCCO)c1. The molecule has 1 atom stereocenters. The van der Waals surface area contributed by atoms with E-state index in [1.54, 1.807) is 54.6 Å². The van der Waals surface area contributed by atoms with Gasteiger partial charge in [0.15, 0.2) is 0 Å². The number of para-hydroxylation sites is 3. The van der Waals surface area contributed by atoms with E-state index in [9.17, 15) is 9.59 Å². The predicted molar refractivity (Wildman–Crippen MR) is 141 cm³/mol. The summed E-state index contributed by atoms with van der Waals surface area (Å²) in [6, 6.07) is 23.4. The summed E-state index contributed by atoms with van der Waals surface area (Å²) >= 11 is 0. The first-order chi connectivity index (χ1) is 17.5. The largest absolute Gasteiger partial charge is 0.491 e. The third kappa shape index (κ3) is 8.81. The predicted octanol–water partition coefficient (Wildman–Crippen LogP) is 5.29. The molecule has 8 nitrogen and oxygen atoms in total. The summed E-state index contributed by atoms with van der Waals surface area (Å²) < 4.78 is 11.3. The van der Waals surface area contributed by atoms with Gasteiger partial charge in [-0.1, -0.05) is 48.5 Å². The lowest BCUT2D eigenvalue weighted by atomic mass is 10.0. The highest BCUT2D eigenvalue weighted by molar-refractivity contribution is 6.01. The van der Waals surface area contributed by atoms with Gasteiger partial charge in [0, 0.05) is 5.69 Å². The number of nitrogens with one attached hydrogen (secondary N) is 2. The van der Waals surface area contributed by atoms with E-state index < -0.39 is 12.2 Å². The molecule has 188 valence electrons. The molecule has 0 saturated heterocycles.